The van der Waals surface area contributed by atoms with E-state index in [0.717, 1.165) is 5.56 Å². The van der Waals surface area contributed by atoms with Gasteiger partial charge >= 0.3 is 5.97 Å². The summed E-state index contributed by atoms with van der Waals surface area (Å²) in [5, 5.41) is 0. The number of ether oxygens (including phenoxy) is 3. The standard InChI is InChI=1S/C19H16N2O5/c1-24-16-10-12(7-8-15(16)25-11-17(20)22)9-14-19(23)26-18(21-14)13-5-3-2-4-6-13/h2-10H,11H2,1H3,(H2,20,22). The lowest BCUT2D eigenvalue weighted by Gasteiger charge is -2.09. The van der Waals surface area contributed by atoms with Gasteiger partial charge < -0.3 is 19.9 Å². The van der Waals surface area contributed by atoms with Crippen LogP contribution in [0.15, 0.2) is 59.2 Å². The third-order valence-electron chi connectivity index (χ3n) is 3.50. The van der Waals surface area contributed by atoms with Crippen molar-refractivity contribution in [2.45, 2.75) is 0 Å². The van der Waals surface area contributed by atoms with Crippen LogP contribution in [0.2, 0.25) is 0 Å². The molecule has 1 aliphatic heterocycles. The summed E-state index contributed by atoms with van der Waals surface area (Å²) in [6.45, 7) is -0.256. The average Bonchev–Trinajstić information content (AvgIpc) is 3.01. The Hall–Kier alpha value is -3.61. The predicted molar refractivity (Wildman–Crippen MR) is 94.7 cm³/mol. The summed E-state index contributed by atoms with van der Waals surface area (Å²) < 4.78 is 15.7. The lowest BCUT2D eigenvalue weighted by molar-refractivity contribution is -0.130. The van der Waals surface area contributed by atoms with Gasteiger partial charge in [0.15, 0.2) is 23.8 Å². The molecule has 7 heteroatoms. The average molecular weight is 352 g/mol. The Morgan fingerprint density at radius 3 is 2.65 bits per heavy atom. The first-order chi connectivity index (χ1) is 12.6. The molecule has 26 heavy (non-hydrogen) atoms. The molecule has 0 unspecified atom stereocenters. The Morgan fingerprint density at radius 2 is 1.96 bits per heavy atom. The largest absolute Gasteiger partial charge is 0.493 e. The van der Waals surface area contributed by atoms with E-state index in [-0.39, 0.29) is 18.2 Å². The van der Waals surface area contributed by atoms with Gasteiger partial charge in [0.1, 0.15) is 0 Å². The van der Waals surface area contributed by atoms with E-state index in [1.807, 2.05) is 30.3 Å². The summed E-state index contributed by atoms with van der Waals surface area (Å²) in [4.78, 5) is 27.1. The molecule has 1 heterocycles. The van der Waals surface area contributed by atoms with Crippen LogP contribution in [0.3, 0.4) is 0 Å². The van der Waals surface area contributed by atoms with Crippen molar-refractivity contribution < 1.29 is 23.8 Å². The van der Waals surface area contributed by atoms with Crippen molar-refractivity contribution in [2.75, 3.05) is 13.7 Å². The molecular formula is C19H16N2O5. The number of amides is 1. The van der Waals surface area contributed by atoms with E-state index in [1.54, 1.807) is 24.3 Å². The van der Waals surface area contributed by atoms with Gasteiger partial charge in [0.05, 0.1) is 7.11 Å². The maximum absolute atomic E-state index is 12.0. The van der Waals surface area contributed by atoms with Crippen LogP contribution in [0.25, 0.3) is 6.08 Å². The highest BCUT2D eigenvalue weighted by molar-refractivity contribution is 6.12. The van der Waals surface area contributed by atoms with Crippen molar-refractivity contribution in [2.24, 2.45) is 10.7 Å². The fraction of sp³-hybridized carbons (Fsp3) is 0.105. The van der Waals surface area contributed by atoms with Crippen LogP contribution < -0.4 is 15.2 Å². The molecule has 0 fully saturated rings. The molecule has 132 valence electrons. The Bertz CT molecular complexity index is 903. The van der Waals surface area contributed by atoms with Gasteiger partial charge in [-0.15, -0.1) is 0 Å². The number of aliphatic imine (C=N–C) groups is 1. The van der Waals surface area contributed by atoms with Gasteiger partial charge in [-0.1, -0.05) is 24.3 Å². The molecule has 0 aromatic heterocycles. The van der Waals surface area contributed by atoms with E-state index in [4.69, 9.17) is 19.9 Å². The number of esters is 1. The molecule has 1 amide bonds. The highest BCUT2D eigenvalue weighted by Gasteiger charge is 2.24. The van der Waals surface area contributed by atoms with Crippen molar-refractivity contribution >= 4 is 23.9 Å². The van der Waals surface area contributed by atoms with Gasteiger partial charge in [-0.05, 0) is 35.9 Å². The molecule has 0 spiro atoms. The fourth-order valence-electron chi connectivity index (χ4n) is 2.31. The van der Waals surface area contributed by atoms with Crippen LogP contribution in [0, 0.1) is 0 Å². The van der Waals surface area contributed by atoms with Crippen molar-refractivity contribution in [1.29, 1.82) is 0 Å². The van der Waals surface area contributed by atoms with Gasteiger partial charge in [-0.3, -0.25) is 4.79 Å². The van der Waals surface area contributed by atoms with Crippen molar-refractivity contribution in [3.05, 3.63) is 65.4 Å². The van der Waals surface area contributed by atoms with Crippen LogP contribution in [0.1, 0.15) is 11.1 Å². The maximum Gasteiger partial charge on any atom is 0.363 e. The summed E-state index contributed by atoms with van der Waals surface area (Å²) >= 11 is 0. The number of rotatable bonds is 6. The molecule has 2 N–H and O–H groups in total. The number of cyclic esters (lactones) is 1. The van der Waals surface area contributed by atoms with Gasteiger partial charge in [-0.25, -0.2) is 9.79 Å². The molecule has 3 rings (SSSR count). The van der Waals surface area contributed by atoms with Crippen molar-refractivity contribution in [3.63, 3.8) is 0 Å². The Kier molecular flexibility index (Phi) is 4.98. The number of nitrogens with two attached hydrogens (primary N) is 1. The van der Waals surface area contributed by atoms with Crippen LogP contribution in [-0.4, -0.2) is 31.5 Å². The van der Waals surface area contributed by atoms with Gasteiger partial charge in [0.25, 0.3) is 5.91 Å². The minimum atomic E-state index is -0.588. The van der Waals surface area contributed by atoms with E-state index >= 15 is 0 Å². The van der Waals surface area contributed by atoms with E-state index in [1.165, 1.54) is 7.11 Å². The smallest absolute Gasteiger partial charge is 0.363 e. The second-order valence-electron chi connectivity index (χ2n) is 5.37. The summed E-state index contributed by atoms with van der Waals surface area (Å²) in [6, 6.07) is 14.1. The second kappa shape index (κ2) is 7.52. The normalized spacial score (nSPS) is 14.7. The molecule has 0 aliphatic carbocycles. The number of primary amides is 1. The zero-order valence-corrected chi connectivity index (χ0v) is 14.0. The molecule has 0 atom stereocenters. The molecule has 7 nitrogen and oxygen atoms in total. The SMILES string of the molecule is COc1cc(C=C2N=C(c3ccccc3)OC2=O)ccc1OCC(N)=O. The quantitative estimate of drug-likeness (QED) is 0.632. The summed E-state index contributed by atoms with van der Waals surface area (Å²) in [7, 11) is 1.47. The highest BCUT2D eigenvalue weighted by Crippen LogP contribution is 2.29. The molecule has 2 aromatic carbocycles. The molecule has 1 aliphatic rings. The third-order valence-corrected chi connectivity index (χ3v) is 3.50. The number of hydrogen-bond acceptors (Lipinski definition) is 6. The lowest BCUT2D eigenvalue weighted by Crippen LogP contribution is -2.20. The summed E-state index contributed by atoms with van der Waals surface area (Å²) in [5.41, 5.74) is 6.63. The summed E-state index contributed by atoms with van der Waals surface area (Å²) in [5.74, 6) is -0.0861. The number of carbonyl (C=O) groups excluding carboxylic acids is 2. The Balaban J connectivity index is 1.86. The molecule has 0 radical (unpaired) electrons. The first-order valence-corrected chi connectivity index (χ1v) is 7.74. The van der Waals surface area contributed by atoms with Crippen LogP contribution in [0.5, 0.6) is 11.5 Å². The summed E-state index contributed by atoms with van der Waals surface area (Å²) in [6.07, 6.45) is 1.58. The number of methoxy groups -OCH3 is 1. The maximum atomic E-state index is 12.0. The zero-order valence-electron chi connectivity index (χ0n) is 14.0. The third kappa shape index (κ3) is 3.89. The van der Waals surface area contributed by atoms with E-state index in [2.05, 4.69) is 4.99 Å². The lowest BCUT2D eigenvalue weighted by atomic mass is 10.1. The minimum Gasteiger partial charge on any atom is -0.493 e. The Morgan fingerprint density at radius 1 is 1.19 bits per heavy atom. The number of nitrogens with zero attached hydrogens (tertiary/aromatic N) is 1. The fourth-order valence-corrected chi connectivity index (χ4v) is 2.31. The number of benzene rings is 2. The minimum absolute atomic E-state index is 0.178. The molecule has 0 bridgehead atoms. The van der Waals surface area contributed by atoms with Crippen LogP contribution in [0.4, 0.5) is 0 Å². The topological polar surface area (TPSA) is 100 Å². The second-order valence-corrected chi connectivity index (χ2v) is 5.37. The molecule has 0 saturated heterocycles. The van der Waals surface area contributed by atoms with Crippen molar-refractivity contribution in [3.8, 4) is 11.5 Å². The molecular weight excluding hydrogens is 336 g/mol. The van der Waals surface area contributed by atoms with Crippen LogP contribution in [-0.2, 0) is 14.3 Å². The van der Waals surface area contributed by atoms with Gasteiger partial charge in [0, 0.05) is 5.56 Å². The Labute approximate surface area is 149 Å². The predicted octanol–water partition coefficient (Wildman–Crippen LogP) is 1.90. The number of hydrogen-bond donors (Lipinski definition) is 1. The van der Waals surface area contributed by atoms with E-state index in [0.29, 0.717) is 17.1 Å². The van der Waals surface area contributed by atoms with Gasteiger partial charge in [0.2, 0.25) is 5.90 Å². The first-order valence-electron chi connectivity index (χ1n) is 7.74. The van der Waals surface area contributed by atoms with E-state index < -0.39 is 11.9 Å². The number of carbonyl (C=O) groups is 2. The molecule has 2 aromatic rings. The monoisotopic (exact) mass is 352 g/mol. The molecule has 0 saturated carbocycles. The van der Waals surface area contributed by atoms with Gasteiger partial charge in [-0.2, -0.15) is 0 Å². The zero-order chi connectivity index (χ0) is 18.5. The highest BCUT2D eigenvalue weighted by atomic mass is 16.6. The van der Waals surface area contributed by atoms with Crippen LogP contribution >= 0.6 is 0 Å². The van der Waals surface area contributed by atoms with Crippen molar-refractivity contribution in [1.82, 2.24) is 0 Å². The van der Waals surface area contributed by atoms with E-state index in [9.17, 15) is 9.59 Å². The first kappa shape index (κ1) is 17.2.